The van der Waals surface area contributed by atoms with Gasteiger partial charge in [-0.15, -0.1) is 0 Å². The van der Waals surface area contributed by atoms with E-state index in [0.29, 0.717) is 17.5 Å². The first kappa shape index (κ1) is 14.4. The average molecular weight is 268 g/mol. The molecule has 1 aliphatic heterocycles. The van der Waals surface area contributed by atoms with Gasteiger partial charge in [-0.25, -0.2) is 8.78 Å². The molecule has 1 heterocycles. The Morgan fingerprint density at radius 1 is 1.21 bits per heavy atom. The molecule has 0 amide bonds. The Hall–Kier alpha value is -1.00. The van der Waals surface area contributed by atoms with Crippen LogP contribution in [-0.4, -0.2) is 24.5 Å². The Labute approximate surface area is 113 Å². The highest BCUT2D eigenvalue weighted by Gasteiger charge is 2.26. The van der Waals surface area contributed by atoms with Crippen LogP contribution in [0.25, 0.3) is 0 Å². The van der Waals surface area contributed by atoms with E-state index in [4.69, 9.17) is 5.73 Å². The molecule has 2 N–H and O–H groups in total. The second kappa shape index (κ2) is 5.55. The van der Waals surface area contributed by atoms with Gasteiger partial charge >= 0.3 is 0 Å². The molecule has 0 aromatic heterocycles. The minimum absolute atomic E-state index is 0.267. The first-order valence-electron chi connectivity index (χ1n) is 6.80. The molecule has 106 valence electrons. The topological polar surface area (TPSA) is 29.3 Å². The van der Waals surface area contributed by atoms with E-state index in [1.54, 1.807) is 6.07 Å². The summed E-state index contributed by atoms with van der Waals surface area (Å²) in [5, 5.41) is 0. The molecule has 2 rings (SSSR count). The number of piperidine rings is 1. The lowest BCUT2D eigenvalue weighted by atomic mass is 9.82. The number of hydrogen-bond acceptors (Lipinski definition) is 2. The highest BCUT2D eigenvalue weighted by molar-refractivity contribution is 5.21. The van der Waals surface area contributed by atoms with Gasteiger partial charge in [-0.05, 0) is 49.0 Å². The Morgan fingerprint density at radius 3 is 2.42 bits per heavy atom. The first-order valence-corrected chi connectivity index (χ1v) is 6.80. The molecule has 19 heavy (non-hydrogen) atoms. The average Bonchev–Trinajstić information content (AvgIpc) is 2.35. The SMILES string of the molecule is CC1(C)CCN(CC(N)c2ccc(F)c(F)c2)CC1. The molecule has 0 spiro atoms. The van der Waals surface area contributed by atoms with Crippen LogP contribution in [0, 0.1) is 17.0 Å². The summed E-state index contributed by atoms with van der Waals surface area (Å²) in [6, 6.07) is 3.64. The fourth-order valence-corrected chi connectivity index (χ4v) is 2.47. The van der Waals surface area contributed by atoms with Gasteiger partial charge in [0, 0.05) is 12.6 Å². The number of hydrogen-bond donors (Lipinski definition) is 1. The van der Waals surface area contributed by atoms with Crippen molar-refractivity contribution in [2.45, 2.75) is 32.7 Å². The van der Waals surface area contributed by atoms with Crippen molar-refractivity contribution in [3.8, 4) is 0 Å². The van der Waals surface area contributed by atoms with Crippen molar-refractivity contribution < 1.29 is 8.78 Å². The smallest absolute Gasteiger partial charge is 0.159 e. The minimum atomic E-state index is -0.826. The summed E-state index contributed by atoms with van der Waals surface area (Å²) in [6.45, 7) is 7.29. The minimum Gasteiger partial charge on any atom is -0.323 e. The van der Waals surface area contributed by atoms with Crippen LogP contribution in [-0.2, 0) is 0 Å². The van der Waals surface area contributed by atoms with E-state index in [9.17, 15) is 8.78 Å². The van der Waals surface area contributed by atoms with E-state index in [1.165, 1.54) is 6.07 Å². The van der Waals surface area contributed by atoms with Crippen molar-refractivity contribution in [3.63, 3.8) is 0 Å². The summed E-state index contributed by atoms with van der Waals surface area (Å²) in [5.41, 5.74) is 7.14. The second-order valence-corrected chi connectivity index (χ2v) is 6.24. The summed E-state index contributed by atoms with van der Waals surface area (Å²) >= 11 is 0. The normalized spacial score (nSPS) is 21.3. The molecule has 1 saturated heterocycles. The van der Waals surface area contributed by atoms with Gasteiger partial charge in [0.05, 0.1) is 0 Å². The molecule has 0 saturated carbocycles. The van der Waals surface area contributed by atoms with Gasteiger partial charge in [-0.3, -0.25) is 0 Å². The fourth-order valence-electron chi connectivity index (χ4n) is 2.47. The lowest BCUT2D eigenvalue weighted by molar-refractivity contribution is 0.127. The summed E-state index contributed by atoms with van der Waals surface area (Å²) in [5.74, 6) is -1.65. The summed E-state index contributed by atoms with van der Waals surface area (Å²) in [4.78, 5) is 2.30. The molecule has 2 nitrogen and oxygen atoms in total. The summed E-state index contributed by atoms with van der Waals surface area (Å²) < 4.78 is 26.1. The molecule has 1 fully saturated rings. The van der Waals surface area contributed by atoms with Crippen LogP contribution >= 0.6 is 0 Å². The quantitative estimate of drug-likeness (QED) is 0.912. The van der Waals surface area contributed by atoms with E-state index in [1.807, 2.05) is 0 Å². The van der Waals surface area contributed by atoms with Crippen LogP contribution in [0.3, 0.4) is 0 Å². The molecule has 1 aromatic carbocycles. The van der Waals surface area contributed by atoms with Crippen LogP contribution in [0.15, 0.2) is 18.2 Å². The molecule has 0 aliphatic carbocycles. The van der Waals surface area contributed by atoms with Crippen molar-refractivity contribution in [2.24, 2.45) is 11.1 Å². The highest BCUT2D eigenvalue weighted by atomic mass is 19.2. The van der Waals surface area contributed by atoms with Crippen molar-refractivity contribution in [2.75, 3.05) is 19.6 Å². The van der Waals surface area contributed by atoms with Crippen molar-refractivity contribution in [1.82, 2.24) is 4.90 Å². The number of benzene rings is 1. The van der Waals surface area contributed by atoms with Crippen LogP contribution in [0.5, 0.6) is 0 Å². The molecule has 0 radical (unpaired) electrons. The summed E-state index contributed by atoms with van der Waals surface area (Å²) in [6.07, 6.45) is 2.30. The largest absolute Gasteiger partial charge is 0.323 e. The molecule has 1 atom stereocenters. The second-order valence-electron chi connectivity index (χ2n) is 6.24. The Bertz CT molecular complexity index is 436. The lowest BCUT2D eigenvalue weighted by Gasteiger charge is -2.38. The Morgan fingerprint density at radius 2 is 1.84 bits per heavy atom. The van der Waals surface area contributed by atoms with Gasteiger partial charge in [0.15, 0.2) is 11.6 Å². The number of halogens is 2. The third-order valence-corrected chi connectivity index (χ3v) is 4.04. The lowest BCUT2D eigenvalue weighted by Crippen LogP contribution is -2.40. The maximum atomic E-state index is 13.2. The fraction of sp³-hybridized carbons (Fsp3) is 0.600. The third-order valence-electron chi connectivity index (χ3n) is 4.04. The molecule has 1 aromatic rings. The van der Waals surface area contributed by atoms with Crippen LogP contribution < -0.4 is 5.73 Å². The zero-order valence-electron chi connectivity index (χ0n) is 11.6. The number of likely N-dealkylation sites (tertiary alicyclic amines) is 1. The van der Waals surface area contributed by atoms with Gasteiger partial charge in [-0.2, -0.15) is 0 Å². The molecule has 1 unspecified atom stereocenters. The van der Waals surface area contributed by atoms with E-state index in [-0.39, 0.29) is 6.04 Å². The zero-order valence-corrected chi connectivity index (χ0v) is 11.6. The zero-order chi connectivity index (χ0) is 14.0. The van der Waals surface area contributed by atoms with Gasteiger partial charge < -0.3 is 10.6 Å². The van der Waals surface area contributed by atoms with Crippen molar-refractivity contribution in [3.05, 3.63) is 35.4 Å². The van der Waals surface area contributed by atoms with Crippen LogP contribution in [0.1, 0.15) is 38.3 Å². The Balaban J connectivity index is 1.94. The van der Waals surface area contributed by atoms with Crippen molar-refractivity contribution in [1.29, 1.82) is 0 Å². The van der Waals surface area contributed by atoms with E-state index in [2.05, 4.69) is 18.7 Å². The molecular weight excluding hydrogens is 246 g/mol. The highest BCUT2D eigenvalue weighted by Crippen LogP contribution is 2.30. The molecule has 0 bridgehead atoms. The van der Waals surface area contributed by atoms with Crippen molar-refractivity contribution >= 4 is 0 Å². The third kappa shape index (κ3) is 3.74. The molecule has 1 aliphatic rings. The first-order chi connectivity index (χ1) is 8.87. The predicted molar refractivity (Wildman–Crippen MR) is 72.7 cm³/mol. The van der Waals surface area contributed by atoms with Gasteiger partial charge in [0.2, 0.25) is 0 Å². The number of nitrogens with two attached hydrogens (primary N) is 1. The van der Waals surface area contributed by atoms with E-state index in [0.717, 1.165) is 32.0 Å². The number of nitrogens with zero attached hydrogens (tertiary/aromatic N) is 1. The maximum Gasteiger partial charge on any atom is 0.159 e. The van der Waals surface area contributed by atoms with Crippen LogP contribution in [0.2, 0.25) is 0 Å². The van der Waals surface area contributed by atoms with E-state index >= 15 is 0 Å². The summed E-state index contributed by atoms with van der Waals surface area (Å²) in [7, 11) is 0. The number of rotatable bonds is 3. The Kier molecular flexibility index (Phi) is 4.21. The molecular formula is C15H22F2N2. The van der Waals surface area contributed by atoms with Gasteiger partial charge in [0.25, 0.3) is 0 Å². The van der Waals surface area contributed by atoms with Crippen LogP contribution in [0.4, 0.5) is 8.78 Å². The predicted octanol–water partition coefficient (Wildman–Crippen LogP) is 3.09. The van der Waals surface area contributed by atoms with Gasteiger partial charge in [-0.1, -0.05) is 19.9 Å². The van der Waals surface area contributed by atoms with E-state index < -0.39 is 11.6 Å². The maximum absolute atomic E-state index is 13.2. The standard InChI is InChI=1S/C15H22F2N2/c1-15(2)5-7-19(8-6-15)10-14(18)11-3-4-12(16)13(17)9-11/h3-4,9,14H,5-8,10,18H2,1-2H3. The molecule has 4 heteroatoms. The monoisotopic (exact) mass is 268 g/mol. The van der Waals surface area contributed by atoms with Gasteiger partial charge in [0.1, 0.15) is 0 Å².